The Morgan fingerprint density at radius 3 is 2.88 bits per heavy atom. The van der Waals surface area contributed by atoms with Crippen LogP contribution in [0.3, 0.4) is 0 Å². The summed E-state index contributed by atoms with van der Waals surface area (Å²) in [6.45, 7) is 2.25. The first-order valence-corrected chi connectivity index (χ1v) is 5.78. The number of hydrogen-bond acceptors (Lipinski definition) is 4. The molecule has 1 aromatic carbocycles. The molecule has 0 fully saturated rings. The van der Waals surface area contributed by atoms with E-state index in [1.807, 2.05) is 6.92 Å². The lowest BCUT2D eigenvalue weighted by atomic mass is 10.2. The predicted octanol–water partition coefficient (Wildman–Crippen LogP) is 2.82. The minimum absolute atomic E-state index is 0.0822. The molecule has 0 spiro atoms. The van der Waals surface area contributed by atoms with Crippen molar-refractivity contribution in [1.29, 1.82) is 0 Å². The lowest BCUT2D eigenvalue weighted by molar-refractivity contribution is -0.383. The zero-order valence-electron chi connectivity index (χ0n) is 9.52. The number of aliphatic hydroxyl groups is 1. The number of nitrogens with one attached hydrogen (secondary N) is 1. The normalized spacial score (nSPS) is 12.2. The van der Waals surface area contributed by atoms with E-state index in [1.165, 1.54) is 6.07 Å². The summed E-state index contributed by atoms with van der Waals surface area (Å²) in [5.74, 6) is 0. The maximum Gasteiger partial charge on any atom is 0.293 e. The van der Waals surface area contributed by atoms with E-state index in [9.17, 15) is 15.2 Å². The molecule has 1 atom stereocenters. The minimum atomic E-state index is -0.504. The van der Waals surface area contributed by atoms with E-state index in [4.69, 9.17) is 11.6 Å². The highest BCUT2D eigenvalue weighted by molar-refractivity contribution is 6.30. The molecule has 0 bridgehead atoms. The Morgan fingerprint density at radius 1 is 1.59 bits per heavy atom. The Bertz CT molecular complexity index is 398. The maximum absolute atomic E-state index is 10.8. The van der Waals surface area contributed by atoms with Crippen molar-refractivity contribution in [2.45, 2.75) is 25.9 Å². The highest BCUT2D eigenvalue weighted by Gasteiger charge is 2.14. The van der Waals surface area contributed by atoms with Gasteiger partial charge in [-0.15, -0.1) is 0 Å². The molecular formula is C11H15ClN2O3. The van der Waals surface area contributed by atoms with E-state index >= 15 is 0 Å². The number of anilines is 1. The van der Waals surface area contributed by atoms with Crippen molar-refractivity contribution in [2.24, 2.45) is 0 Å². The second-order valence-corrected chi connectivity index (χ2v) is 4.18. The number of benzene rings is 1. The van der Waals surface area contributed by atoms with Crippen LogP contribution in [0.5, 0.6) is 0 Å². The van der Waals surface area contributed by atoms with Crippen LogP contribution in [-0.2, 0) is 0 Å². The topological polar surface area (TPSA) is 75.4 Å². The van der Waals surface area contributed by atoms with Crippen LogP contribution in [0.1, 0.15) is 19.8 Å². The van der Waals surface area contributed by atoms with E-state index in [0.717, 1.165) is 6.42 Å². The summed E-state index contributed by atoms with van der Waals surface area (Å²) < 4.78 is 0. The minimum Gasteiger partial charge on any atom is -0.391 e. The zero-order valence-corrected chi connectivity index (χ0v) is 10.3. The highest BCUT2D eigenvalue weighted by atomic mass is 35.5. The highest BCUT2D eigenvalue weighted by Crippen LogP contribution is 2.27. The number of nitro groups is 1. The molecule has 0 radical (unpaired) electrons. The van der Waals surface area contributed by atoms with Gasteiger partial charge in [0.05, 0.1) is 11.0 Å². The standard InChI is InChI=1S/C11H15ClN2O3/c1-2-3-9(15)7-13-10-5-4-8(12)6-11(10)14(16)17/h4-6,9,13,15H,2-3,7H2,1H3. The van der Waals surface area contributed by atoms with Crippen molar-refractivity contribution in [1.82, 2.24) is 0 Å². The molecule has 0 saturated heterocycles. The van der Waals surface area contributed by atoms with E-state index in [2.05, 4.69) is 5.32 Å². The summed E-state index contributed by atoms with van der Waals surface area (Å²) in [6, 6.07) is 4.40. The molecule has 0 aliphatic rings. The Hall–Kier alpha value is -1.33. The second-order valence-electron chi connectivity index (χ2n) is 3.74. The monoisotopic (exact) mass is 258 g/mol. The second kappa shape index (κ2) is 6.42. The van der Waals surface area contributed by atoms with Crippen LogP contribution >= 0.6 is 11.6 Å². The molecule has 1 aromatic rings. The molecule has 0 aliphatic heterocycles. The Morgan fingerprint density at radius 2 is 2.29 bits per heavy atom. The number of nitro benzene ring substituents is 1. The maximum atomic E-state index is 10.8. The van der Waals surface area contributed by atoms with Gasteiger partial charge >= 0.3 is 0 Å². The number of hydrogen-bond donors (Lipinski definition) is 2. The van der Waals surface area contributed by atoms with Crippen molar-refractivity contribution in [3.8, 4) is 0 Å². The molecule has 2 N–H and O–H groups in total. The Kier molecular flexibility index (Phi) is 5.18. The first-order valence-electron chi connectivity index (χ1n) is 5.40. The third-order valence-corrected chi connectivity index (χ3v) is 2.54. The molecule has 1 unspecified atom stereocenters. The van der Waals surface area contributed by atoms with E-state index < -0.39 is 11.0 Å². The molecule has 6 heteroatoms. The van der Waals surface area contributed by atoms with Crippen molar-refractivity contribution in [2.75, 3.05) is 11.9 Å². The van der Waals surface area contributed by atoms with Crippen LogP contribution in [0.25, 0.3) is 0 Å². The molecule has 17 heavy (non-hydrogen) atoms. The third kappa shape index (κ3) is 4.20. The van der Waals surface area contributed by atoms with Crippen molar-refractivity contribution in [3.63, 3.8) is 0 Å². The van der Waals surface area contributed by atoms with Crippen LogP contribution < -0.4 is 5.32 Å². The summed E-state index contributed by atoms with van der Waals surface area (Å²) in [7, 11) is 0. The van der Waals surface area contributed by atoms with Gasteiger partial charge in [-0.1, -0.05) is 24.9 Å². The van der Waals surface area contributed by atoms with Crippen molar-refractivity contribution >= 4 is 23.0 Å². The van der Waals surface area contributed by atoms with Crippen LogP contribution in [0.2, 0.25) is 5.02 Å². The fourth-order valence-corrected chi connectivity index (χ4v) is 1.63. The smallest absolute Gasteiger partial charge is 0.293 e. The van der Waals surface area contributed by atoms with Crippen molar-refractivity contribution in [3.05, 3.63) is 33.3 Å². The third-order valence-electron chi connectivity index (χ3n) is 2.31. The van der Waals surface area contributed by atoms with E-state index in [1.54, 1.807) is 12.1 Å². The molecule has 94 valence electrons. The van der Waals surface area contributed by atoms with Gasteiger partial charge in [0, 0.05) is 17.6 Å². The summed E-state index contributed by atoms with van der Waals surface area (Å²) in [5.41, 5.74) is 0.288. The number of aliphatic hydroxyl groups excluding tert-OH is 1. The Labute approximate surface area is 105 Å². The van der Waals surface area contributed by atoms with Crippen LogP contribution in [0.15, 0.2) is 18.2 Å². The summed E-state index contributed by atoms with van der Waals surface area (Å²) >= 11 is 5.69. The summed E-state index contributed by atoms with van der Waals surface area (Å²) in [4.78, 5) is 10.3. The van der Waals surface area contributed by atoms with E-state index in [0.29, 0.717) is 17.1 Å². The fraction of sp³-hybridized carbons (Fsp3) is 0.455. The average molecular weight is 259 g/mol. The van der Waals surface area contributed by atoms with Crippen LogP contribution in [0, 0.1) is 10.1 Å². The van der Waals surface area contributed by atoms with E-state index in [-0.39, 0.29) is 12.2 Å². The summed E-state index contributed by atoms with van der Waals surface area (Å²) in [6.07, 6.45) is 1.02. The van der Waals surface area contributed by atoms with Gasteiger partial charge in [-0.05, 0) is 18.6 Å². The largest absolute Gasteiger partial charge is 0.391 e. The van der Waals surface area contributed by atoms with Gasteiger partial charge in [-0.2, -0.15) is 0 Å². The zero-order chi connectivity index (χ0) is 12.8. The average Bonchev–Trinajstić information content (AvgIpc) is 2.27. The first-order chi connectivity index (χ1) is 8.04. The molecule has 0 aliphatic carbocycles. The molecule has 5 nitrogen and oxygen atoms in total. The molecule has 0 aromatic heterocycles. The van der Waals surface area contributed by atoms with Gasteiger partial charge in [0.15, 0.2) is 0 Å². The van der Waals surface area contributed by atoms with Gasteiger partial charge in [-0.25, -0.2) is 0 Å². The molecule has 1 rings (SSSR count). The van der Waals surface area contributed by atoms with Gasteiger partial charge in [-0.3, -0.25) is 10.1 Å². The van der Waals surface area contributed by atoms with Crippen LogP contribution in [0.4, 0.5) is 11.4 Å². The lowest BCUT2D eigenvalue weighted by Crippen LogP contribution is -2.19. The molecule has 0 amide bonds. The van der Waals surface area contributed by atoms with Crippen LogP contribution in [-0.4, -0.2) is 22.7 Å². The quantitative estimate of drug-likeness (QED) is 0.608. The van der Waals surface area contributed by atoms with Gasteiger partial charge in [0.1, 0.15) is 5.69 Å². The Balaban J connectivity index is 2.73. The molecule has 0 heterocycles. The molecule has 0 saturated carbocycles. The van der Waals surface area contributed by atoms with Gasteiger partial charge in [0.2, 0.25) is 0 Å². The lowest BCUT2D eigenvalue weighted by Gasteiger charge is -2.11. The number of nitrogens with zero attached hydrogens (tertiary/aromatic N) is 1. The molecular weight excluding hydrogens is 244 g/mol. The van der Waals surface area contributed by atoms with Gasteiger partial charge in [0.25, 0.3) is 5.69 Å². The first kappa shape index (κ1) is 13.7. The SMILES string of the molecule is CCCC(O)CNc1ccc(Cl)cc1[N+](=O)[O-]. The fourth-order valence-electron chi connectivity index (χ4n) is 1.47. The summed E-state index contributed by atoms with van der Waals surface area (Å²) in [5, 5.41) is 23.5. The predicted molar refractivity (Wildman–Crippen MR) is 67.5 cm³/mol. The number of rotatable bonds is 6. The van der Waals surface area contributed by atoms with Gasteiger partial charge < -0.3 is 10.4 Å². The van der Waals surface area contributed by atoms with Crippen molar-refractivity contribution < 1.29 is 10.0 Å². The number of halogens is 1.